The molecule has 0 unspecified atom stereocenters. The Bertz CT molecular complexity index is 763. The van der Waals surface area contributed by atoms with Crippen LogP contribution in [0.3, 0.4) is 0 Å². The lowest BCUT2D eigenvalue weighted by molar-refractivity contribution is -0.131. The molecule has 1 aliphatic heterocycles. The molecule has 0 saturated carbocycles. The summed E-state index contributed by atoms with van der Waals surface area (Å²) >= 11 is 0. The van der Waals surface area contributed by atoms with E-state index in [2.05, 4.69) is 32.3 Å². The molecule has 3 rings (SSSR count). The second kappa shape index (κ2) is 12.3. The average Bonchev–Trinajstić information content (AvgIpc) is 2.75. The number of aromatic nitrogens is 1. The van der Waals surface area contributed by atoms with Crippen LogP contribution >= 0.6 is 24.0 Å². The highest BCUT2D eigenvalue weighted by atomic mass is 127. The van der Waals surface area contributed by atoms with Gasteiger partial charge in [0.1, 0.15) is 0 Å². The van der Waals surface area contributed by atoms with Crippen molar-refractivity contribution in [2.75, 3.05) is 44.2 Å². The molecule has 29 heavy (non-hydrogen) atoms. The number of nitrogens with one attached hydrogen (secondary N) is 1. The van der Waals surface area contributed by atoms with Gasteiger partial charge in [0.25, 0.3) is 0 Å². The zero-order chi connectivity index (χ0) is 19.6. The zero-order valence-electron chi connectivity index (χ0n) is 16.5. The Hall–Kier alpha value is -2.36. The predicted molar refractivity (Wildman–Crippen MR) is 128 cm³/mol. The normalized spacial score (nSPS) is 14.3. The molecule has 2 aromatic rings. The third kappa shape index (κ3) is 7.52. The minimum Gasteiger partial charge on any atom is -0.370 e. The molecule has 1 saturated heterocycles. The number of benzene rings is 1. The van der Waals surface area contributed by atoms with Gasteiger partial charge in [-0.25, -0.2) is 0 Å². The molecular weight excluding hydrogens is 479 g/mol. The number of nitrogens with two attached hydrogens (primary N) is 1. The van der Waals surface area contributed by atoms with Crippen LogP contribution in [-0.2, 0) is 11.2 Å². The number of hydrogen-bond acceptors (Lipinski definition) is 4. The van der Waals surface area contributed by atoms with Gasteiger partial charge in [-0.2, -0.15) is 0 Å². The summed E-state index contributed by atoms with van der Waals surface area (Å²) in [5.74, 6) is 0.510. The van der Waals surface area contributed by atoms with Crippen molar-refractivity contribution in [3.63, 3.8) is 0 Å². The highest BCUT2D eigenvalue weighted by Crippen LogP contribution is 2.15. The number of halogens is 1. The Morgan fingerprint density at radius 2 is 1.79 bits per heavy atom. The van der Waals surface area contributed by atoms with E-state index < -0.39 is 0 Å². The fourth-order valence-electron chi connectivity index (χ4n) is 3.20. The largest absolute Gasteiger partial charge is 0.370 e. The van der Waals surface area contributed by atoms with Gasteiger partial charge in [-0.3, -0.25) is 14.8 Å². The van der Waals surface area contributed by atoms with Gasteiger partial charge in [0, 0.05) is 63.1 Å². The van der Waals surface area contributed by atoms with Crippen molar-refractivity contribution in [2.24, 2.45) is 10.7 Å². The first-order chi connectivity index (χ1) is 13.7. The van der Waals surface area contributed by atoms with Crippen LogP contribution in [0.5, 0.6) is 0 Å². The van der Waals surface area contributed by atoms with E-state index in [9.17, 15) is 4.79 Å². The average molecular weight is 508 g/mol. The van der Waals surface area contributed by atoms with E-state index in [-0.39, 0.29) is 29.9 Å². The maximum absolute atomic E-state index is 12.4. The first-order valence-corrected chi connectivity index (χ1v) is 9.74. The van der Waals surface area contributed by atoms with Crippen molar-refractivity contribution in [1.82, 2.24) is 15.2 Å². The standard InChI is InChI=1S/C21H28N6O.HI/c22-21(24-12-9-18-6-4-5-11-23-18)25-13-10-20(28)27-16-14-26(15-17-27)19-7-2-1-3-8-19;/h1-8,11H,9-10,12-17H2,(H3,22,24,25);1H. The molecule has 2 heterocycles. The number of piperazine rings is 1. The monoisotopic (exact) mass is 508 g/mol. The third-order valence-electron chi connectivity index (χ3n) is 4.77. The quantitative estimate of drug-likeness (QED) is 0.339. The summed E-state index contributed by atoms with van der Waals surface area (Å²) in [6.07, 6.45) is 2.94. The van der Waals surface area contributed by atoms with Crippen LogP contribution in [0.1, 0.15) is 12.1 Å². The highest BCUT2D eigenvalue weighted by Gasteiger charge is 2.20. The van der Waals surface area contributed by atoms with E-state index in [4.69, 9.17) is 5.73 Å². The van der Waals surface area contributed by atoms with E-state index >= 15 is 0 Å². The van der Waals surface area contributed by atoms with Gasteiger partial charge in [0.2, 0.25) is 5.91 Å². The summed E-state index contributed by atoms with van der Waals surface area (Å²) in [5.41, 5.74) is 8.09. The lowest BCUT2D eigenvalue weighted by Gasteiger charge is -2.36. The molecule has 0 atom stereocenters. The summed E-state index contributed by atoms with van der Waals surface area (Å²) in [6, 6.07) is 16.1. The second-order valence-electron chi connectivity index (χ2n) is 6.72. The highest BCUT2D eigenvalue weighted by molar-refractivity contribution is 14.0. The molecule has 0 spiro atoms. The van der Waals surface area contributed by atoms with Gasteiger partial charge in [0.15, 0.2) is 5.96 Å². The number of para-hydroxylation sites is 1. The first-order valence-electron chi connectivity index (χ1n) is 9.74. The van der Waals surface area contributed by atoms with Gasteiger partial charge in [0.05, 0.1) is 6.54 Å². The molecule has 1 aromatic carbocycles. The smallest absolute Gasteiger partial charge is 0.224 e. The molecule has 1 aliphatic rings. The fourth-order valence-corrected chi connectivity index (χ4v) is 3.20. The predicted octanol–water partition coefficient (Wildman–Crippen LogP) is 1.89. The Kier molecular flexibility index (Phi) is 9.69. The number of rotatable bonds is 7. The van der Waals surface area contributed by atoms with E-state index in [0.29, 0.717) is 25.5 Å². The van der Waals surface area contributed by atoms with Gasteiger partial charge in [-0.1, -0.05) is 24.3 Å². The number of carbonyl (C=O) groups excluding carboxylic acids is 1. The molecule has 156 valence electrons. The zero-order valence-corrected chi connectivity index (χ0v) is 18.9. The molecule has 8 heteroatoms. The number of pyridine rings is 1. The Morgan fingerprint density at radius 3 is 2.48 bits per heavy atom. The van der Waals surface area contributed by atoms with Crippen molar-refractivity contribution in [3.8, 4) is 0 Å². The molecule has 3 N–H and O–H groups in total. The van der Waals surface area contributed by atoms with Crippen LogP contribution in [-0.4, -0.2) is 61.0 Å². The lowest BCUT2D eigenvalue weighted by atomic mass is 10.2. The van der Waals surface area contributed by atoms with E-state index in [0.717, 1.165) is 38.3 Å². The summed E-state index contributed by atoms with van der Waals surface area (Å²) in [4.78, 5) is 25.1. The van der Waals surface area contributed by atoms with Crippen LogP contribution in [0, 0.1) is 0 Å². The molecule has 0 aliphatic carbocycles. The maximum Gasteiger partial charge on any atom is 0.224 e. The first kappa shape index (κ1) is 22.9. The van der Waals surface area contributed by atoms with Crippen LogP contribution in [0.15, 0.2) is 59.7 Å². The number of carbonyl (C=O) groups is 1. The number of hydrogen-bond donors (Lipinski definition) is 2. The number of guanidine groups is 1. The number of anilines is 1. The van der Waals surface area contributed by atoms with Crippen LogP contribution in [0.4, 0.5) is 5.69 Å². The van der Waals surface area contributed by atoms with Crippen molar-refractivity contribution < 1.29 is 4.79 Å². The van der Waals surface area contributed by atoms with Crippen molar-refractivity contribution in [2.45, 2.75) is 12.8 Å². The Labute approximate surface area is 189 Å². The number of aliphatic imine (C=N–C) groups is 1. The van der Waals surface area contributed by atoms with Crippen LogP contribution in [0.2, 0.25) is 0 Å². The molecule has 0 bridgehead atoms. The SMILES string of the molecule is I.NC(=NCCC(=O)N1CCN(c2ccccc2)CC1)NCCc1ccccn1. The minimum absolute atomic E-state index is 0. The van der Waals surface area contributed by atoms with E-state index in [1.165, 1.54) is 5.69 Å². The Morgan fingerprint density at radius 1 is 1.07 bits per heavy atom. The molecule has 1 amide bonds. The van der Waals surface area contributed by atoms with Gasteiger partial charge in [-0.15, -0.1) is 24.0 Å². The summed E-state index contributed by atoms with van der Waals surface area (Å²) in [5, 5.41) is 3.06. The fraction of sp³-hybridized carbons (Fsp3) is 0.381. The summed E-state index contributed by atoms with van der Waals surface area (Å²) in [6.45, 7) is 4.28. The second-order valence-corrected chi connectivity index (χ2v) is 6.72. The molecular formula is C21H29IN6O. The van der Waals surface area contributed by atoms with E-state index in [1.54, 1.807) is 6.20 Å². The molecule has 1 fully saturated rings. The molecule has 7 nitrogen and oxygen atoms in total. The van der Waals surface area contributed by atoms with Crippen LogP contribution in [0.25, 0.3) is 0 Å². The lowest BCUT2D eigenvalue weighted by Crippen LogP contribution is -2.49. The number of amides is 1. The van der Waals surface area contributed by atoms with Gasteiger partial charge < -0.3 is 20.9 Å². The Balaban J connectivity index is 0.00000300. The molecule has 1 aromatic heterocycles. The van der Waals surface area contributed by atoms with Gasteiger partial charge in [-0.05, 0) is 24.3 Å². The van der Waals surface area contributed by atoms with Crippen molar-refractivity contribution in [1.29, 1.82) is 0 Å². The van der Waals surface area contributed by atoms with Crippen molar-refractivity contribution >= 4 is 41.5 Å². The third-order valence-corrected chi connectivity index (χ3v) is 4.77. The maximum atomic E-state index is 12.4. The minimum atomic E-state index is 0. The van der Waals surface area contributed by atoms with Crippen molar-refractivity contribution in [3.05, 3.63) is 60.4 Å². The summed E-state index contributed by atoms with van der Waals surface area (Å²) < 4.78 is 0. The number of nitrogens with zero attached hydrogens (tertiary/aromatic N) is 4. The van der Waals surface area contributed by atoms with Crippen LogP contribution < -0.4 is 16.0 Å². The molecule has 0 radical (unpaired) electrons. The summed E-state index contributed by atoms with van der Waals surface area (Å²) in [7, 11) is 0. The topological polar surface area (TPSA) is 86.8 Å². The van der Waals surface area contributed by atoms with E-state index in [1.807, 2.05) is 41.3 Å². The van der Waals surface area contributed by atoms with Gasteiger partial charge >= 0.3 is 0 Å².